The molecule has 156 valence electrons. The standard InChI is InChI=1S/C15H28N4O6S2/c1-4-5-12(27(16,24)25)15(21)17-14-10-8-11(14)19(9-10)13(20)6-7-26(22,23)18(2)3/h10-12,14H,4-9H2,1-3H3,(H,17,21)(H2,16,24,25)/t10-,11-,12?,14+/m0/s1. The number of carbonyl (C=O) groups excluding carboxylic acids is 2. The number of nitrogens with two attached hydrogens (primary N) is 1. The van der Waals surface area contributed by atoms with Crippen LogP contribution in [0.4, 0.5) is 0 Å². The lowest BCUT2D eigenvalue weighted by molar-refractivity contribution is -0.132. The fourth-order valence-corrected chi connectivity index (χ4v) is 5.35. The SMILES string of the molecule is CCCC(C(=O)N[C@@H]1[C@H]2C[C@@H]1N(C(=O)CCS(=O)(=O)N(C)C)C2)S(N)(=O)=O. The average Bonchev–Trinajstić information content (AvgIpc) is 3.13. The summed E-state index contributed by atoms with van der Waals surface area (Å²) in [5.74, 6) is -1.13. The molecule has 3 rings (SSSR count). The van der Waals surface area contributed by atoms with Gasteiger partial charge in [0.05, 0.1) is 17.8 Å². The summed E-state index contributed by atoms with van der Waals surface area (Å²) in [6.07, 6.45) is 1.22. The summed E-state index contributed by atoms with van der Waals surface area (Å²) in [5.41, 5.74) is 0. The van der Waals surface area contributed by atoms with Crippen molar-refractivity contribution in [2.45, 2.75) is 49.9 Å². The number of sulfonamides is 2. The molecule has 3 fully saturated rings. The van der Waals surface area contributed by atoms with Gasteiger partial charge < -0.3 is 10.2 Å². The zero-order valence-electron chi connectivity index (χ0n) is 15.8. The van der Waals surface area contributed by atoms with Gasteiger partial charge in [-0.1, -0.05) is 13.3 Å². The van der Waals surface area contributed by atoms with E-state index in [1.54, 1.807) is 11.8 Å². The Kier molecular flexibility index (Phi) is 6.55. The second-order valence-corrected chi connectivity index (χ2v) is 11.4. The molecule has 2 saturated heterocycles. The Balaban J connectivity index is 1.95. The Labute approximate surface area is 160 Å². The monoisotopic (exact) mass is 424 g/mol. The first kappa shape index (κ1) is 22.1. The van der Waals surface area contributed by atoms with Crippen molar-refractivity contribution in [1.82, 2.24) is 14.5 Å². The molecule has 3 N–H and O–H groups in total. The van der Waals surface area contributed by atoms with Crippen LogP contribution in [0.3, 0.4) is 0 Å². The molecule has 1 aliphatic carbocycles. The third-order valence-corrected chi connectivity index (χ3v) is 8.37. The van der Waals surface area contributed by atoms with Crippen LogP contribution in [0, 0.1) is 5.92 Å². The normalized spacial score (nSPS) is 26.0. The van der Waals surface area contributed by atoms with Crippen molar-refractivity contribution >= 4 is 31.9 Å². The first-order valence-corrected chi connectivity index (χ1v) is 12.1. The van der Waals surface area contributed by atoms with Gasteiger partial charge >= 0.3 is 0 Å². The molecule has 0 spiro atoms. The maximum atomic E-state index is 12.4. The Morgan fingerprint density at radius 2 is 1.89 bits per heavy atom. The summed E-state index contributed by atoms with van der Waals surface area (Å²) in [7, 11) is -4.63. The lowest BCUT2D eigenvalue weighted by Gasteiger charge is -2.37. The molecule has 2 heterocycles. The molecule has 0 radical (unpaired) electrons. The Morgan fingerprint density at radius 3 is 2.41 bits per heavy atom. The highest BCUT2D eigenvalue weighted by Gasteiger charge is 2.54. The molecule has 0 aromatic heterocycles. The summed E-state index contributed by atoms with van der Waals surface area (Å²) in [4.78, 5) is 26.3. The minimum absolute atomic E-state index is 0.0520. The molecular weight excluding hydrogens is 396 g/mol. The van der Waals surface area contributed by atoms with E-state index >= 15 is 0 Å². The Morgan fingerprint density at radius 1 is 1.26 bits per heavy atom. The maximum Gasteiger partial charge on any atom is 0.240 e. The fraction of sp³-hybridized carbons (Fsp3) is 0.867. The molecular formula is C15H28N4O6S2. The van der Waals surface area contributed by atoms with Crippen LogP contribution in [0.15, 0.2) is 0 Å². The van der Waals surface area contributed by atoms with Crippen LogP contribution in [0.25, 0.3) is 0 Å². The van der Waals surface area contributed by atoms with E-state index < -0.39 is 31.2 Å². The zero-order chi connectivity index (χ0) is 20.6. The van der Waals surface area contributed by atoms with Crippen molar-refractivity contribution in [3.8, 4) is 0 Å². The summed E-state index contributed by atoms with van der Waals surface area (Å²) in [6.45, 7) is 2.20. The van der Waals surface area contributed by atoms with Gasteiger partial charge in [0.15, 0.2) is 5.25 Å². The van der Waals surface area contributed by atoms with Gasteiger partial charge in [0.1, 0.15) is 0 Å². The van der Waals surface area contributed by atoms with Crippen molar-refractivity contribution in [2.75, 3.05) is 26.4 Å². The molecule has 3 aliphatic rings. The Bertz CT molecular complexity index is 795. The molecule has 2 amide bonds. The minimum Gasteiger partial charge on any atom is -0.350 e. The molecule has 4 atom stereocenters. The number of carbonyl (C=O) groups is 2. The van der Waals surface area contributed by atoms with Gasteiger partial charge in [0, 0.05) is 33.0 Å². The molecule has 12 heteroatoms. The lowest BCUT2D eigenvalue weighted by atomic mass is 9.80. The second kappa shape index (κ2) is 8.02. The van der Waals surface area contributed by atoms with Gasteiger partial charge in [-0.25, -0.2) is 26.3 Å². The molecule has 0 aromatic rings. The number of primary sulfonamides is 1. The van der Waals surface area contributed by atoms with Crippen LogP contribution < -0.4 is 10.5 Å². The van der Waals surface area contributed by atoms with Crippen LogP contribution >= 0.6 is 0 Å². The van der Waals surface area contributed by atoms with Crippen LogP contribution in [0.5, 0.6) is 0 Å². The van der Waals surface area contributed by atoms with E-state index in [4.69, 9.17) is 5.14 Å². The van der Waals surface area contributed by atoms with Crippen molar-refractivity contribution in [3.05, 3.63) is 0 Å². The average molecular weight is 425 g/mol. The second-order valence-electron chi connectivity index (χ2n) is 7.36. The number of hydrogen-bond acceptors (Lipinski definition) is 6. The van der Waals surface area contributed by atoms with Gasteiger partial charge in [-0.05, 0) is 12.8 Å². The largest absolute Gasteiger partial charge is 0.350 e. The summed E-state index contributed by atoms with van der Waals surface area (Å²) < 4.78 is 48.0. The highest BCUT2D eigenvalue weighted by atomic mass is 32.2. The molecule has 1 saturated carbocycles. The number of rotatable bonds is 9. The lowest BCUT2D eigenvalue weighted by Crippen LogP contribution is -2.58. The van der Waals surface area contributed by atoms with Crippen LogP contribution in [0.1, 0.15) is 32.6 Å². The molecule has 27 heavy (non-hydrogen) atoms. The molecule has 10 nitrogen and oxygen atoms in total. The number of fused-ring (bicyclic) bond motifs is 1. The van der Waals surface area contributed by atoms with E-state index in [1.807, 2.05) is 0 Å². The summed E-state index contributed by atoms with van der Waals surface area (Å²) >= 11 is 0. The van der Waals surface area contributed by atoms with E-state index in [1.165, 1.54) is 14.1 Å². The number of amides is 2. The topological polar surface area (TPSA) is 147 Å². The third kappa shape index (κ3) is 4.79. The number of nitrogens with one attached hydrogen (secondary N) is 1. The maximum absolute atomic E-state index is 12.4. The Hall–Kier alpha value is -1.24. The van der Waals surface area contributed by atoms with Crippen molar-refractivity contribution in [3.63, 3.8) is 0 Å². The summed E-state index contributed by atoms with van der Waals surface area (Å²) in [6, 6.07) is -0.538. The van der Waals surface area contributed by atoms with Crippen molar-refractivity contribution in [2.24, 2.45) is 11.1 Å². The van der Waals surface area contributed by atoms with Crippen LogP contribution in [-0.4, -0.2) is 81.6 Å². The number of hydrogen-bond donors (Lipinski definition) is 2. The minimum atomic E-state index is -4.00. The van der Waals surface area contributed by atoms with Gasteiger partial charge in [0.25, 0.3) is 0 Å². The zero-order valence-corrected chi connectivity index (χ0v) is 17.4. The van der Waals surface area contributed by atoms with E-state index in [9.17, 15) is 26.4 Å². The van der Waals surface area contributed by atoms with E-state index in [-0.39, 0.29) is 42.5 Å². The fourth-order valence-electron chi connectivity index (χ4n) is 3.63. The highest BCUT2D eigenvalue weighted by molar-refractivity contribution is 7.90. The van der Waals surface area contributed by atoms with Crippen molar-refractivity contribution in [1.29, 1.82) is 0 Å². The van der Waals surface area contributed by atoms with Gasteiger partial charge in [0.2, 0.25) is 31.9 Å². The molecule has 0 aromatic carbocycles. The predicted molar refractivity (Wildman–Crippen MR) is 99.4 cm³/mol. The molecule has 2 aliphatic heterocycles. The van der Waals surface area contributed by atoms with Crippen LogP contribution in [0.2, 0.25) is 0 Å². The summed E-state index contributed by atoms with van der Waals surface area (Å²) in [5, 5.41) is 6.59. The first-order valence-electron chi connectivity index (χ1n) is 8.90. The molecule has 1 unspecified atom stereocenters. The quantitative estimate of drug-likeness (QED) is 0.457. The van der Waals surface area contributed by atoms with Gasteiger partial charge in [-0.3, -0.25) is 9.59 Å². The highest BCUT2D eigenvalue weighted by Crippen LogP contribution is 2.41. The van der Waals surface area contributed by atoms with E-state index in [2.05, 4.69) is 5.32 Å². The van der Waals surface area contributed by atoms with E-state index in [0.29, 0.717) is 19.4 Å². The molecule has 2 bridgehead atoms. The van der Waals surface area contributed by atoms with E-state index in [0.717, 1.165) is 4.31 Å². The first-order chi connectivity index (χ1) is 12.4. The van der Waals surface area contributed by atoms with Gasteiger partial charge in [-0.15, -0.1) is 0 Å². The van der Waals surface area contributed by atoms with Crippen LogP contribution in [-0.2, 0) is 29.6 Å². The number of nitrogens with zero attached hydrogens (tertiary/aromatic N) is 2. The van der Waals surface area contributed by atoms with Crippen molar-refractivity contribution < 1.29 is 26.4 Å². The van der Waals surface area contributed by atoms with Gasteiger partial charge in [-0.2, -0.15) is 0 Å². The predicted octanol–water partition coefficient (Wildman–Crippen LogP) is -1.56. The smallest absolute Gasteiger partial charge is 0.240 e. The third-order valence-electron chi connectivity index (χ3n) is 5.30.